The highest BCUT2D eigenvalue weighted by Crippen LogP contribution is 2.20. The molecule has 0 unspecified atom stereocenters. The van der Waals surface area contributed by atoms with Gasteiger partial charge in [0.2, 0.25) is 0 Å². The van der Waals surface area contributed by atoms with Gasteiger partial charge in [0, 0.05) is 16.9 Å². The van der Waals surface area contributed by atoms with Crippen molar-refractivity contribution in [1.29, 1.82) is 0 Å². The second kappa shape index (κ2) is 6.84. The molecule has 2 N–H and O–H groups in total. The van der Waals surface area contributed by atoms with Gasteiger partial charge in [-0.05, 0) is 44.5 Å². The molecule has 0 fully saturated rings. The lowest BCUT2D eigenvalue weighted by Crippen LogP contribution is -2.14. The lowest BCUT2D eigenvalue weighted by molar-refractivity contribution is 0.0525. The molecule has 0 radical (unpaired) electrons. The molecule has 23 heavy (non-hydrogen) atoms. The molecular formula is C18H18N2O3. The fourth-order valence-electron chi connectivity index (χ4n) is 2.37. The highest BCUT2D eigenvalue weighted by atomic mass is 16.5. The van der Waals surface area contributed by atoms with E-state index in [1.54, 1.807) is 45.0 Å². The largest absolute Gasteiger partial charge is 0.462 e. The number of nitrogens with one attached hydrogen (secondary N) is 2. The highest BCUT2D eigenvalue weighted by Gasteiger charge is 2.22. The standard InChI is InChI=1S/C18H18N2O3/c1-5-13-8-7-9-14(10-13)20-17(21)16-11(3)15(12(4)19-16)18(22)23-6-2/h1,7-10,19H,6H2,2-4H3,(H,20,21). The van der Waals surface area contributed by atoms with Crippen molar-refractivity contribution in [2.45, 2.75) is 20.8 Å². The first-order valence-corrected chi connectivity index (χ1v) is 7.22. The minimum Gasteiger partial charge on any atom is -0.462 e. The monoisotopic (exact) mass is 310 g/mol. The highest BCUT2D eigenvalue weighted by molar-refractivity contribution is 6.06. The molecule has 2 rings (SSSR count). The zero-order valence-corrected chi connectivity index (χ0v) is 13.3. The van der Waals surface area contributed by atoms with E-state index in [2.05, 4.69) is 16.2 Å². The molecule has 0 bridgehead atoms. The summed E-state index contributed by atoms with van der Waals surface area (Å²) in [6.07, 6.45) is 5.35. The molecule has 118 valence electrons. The number of aryl methyl sites for hydroxylation is 1. The van der Waals surface area contributed by atoms with Gasteiger partial charge in [0.25, 0.3) is 5.91 Å². The Labute approximate surface area is 135 Å². The van der Waals surface area contributed by atoms with E-state index in [4.69, 9.17) is 11.2 Å². The van der Waals surface area contributed by atoms with E-state index < -0.39 is 5.97 Å². The zero-order chi connectivity index (χ0) is 17.0. The number of H-pyrrole nitrogens is 1. The Balaban J connectivity index is 2.28. The smallest absolute Gasteiger partial charge is 0.340 e. The summed E-state index contributed by atoms with van der Waals surface area (Å²) in [6, 6.07) is 6.99. The third-order valence-electron chi connectivity index (χ3n) is 3.43. The van der Waals surface area contributed by atoms with E-state index in [1.807, 2.05) is 0 Å². The lowest BCUT2D eigenvalue weighted by Gasteiger charge is -2.06. The predicted molar refractivity (Wildman–Crippen MR) is 88.6 cm³/mol. The number of terminal acetylenes is 1. The van der Waals surface area contributed by atoms with Gasteiger partial charge in [-0.25, -0.2) is 4.79 Å². The number of hydrogen-bond donors (Lipinski definition) is 2. The summed E-state index contributed by atoms with van der Waals surface area (Å²) in [4.78, 5) is 27.4. The number of anilines is 1. The quantitative estimate of drug-likeness (QED) is 0.673. The van der Waals surface area contributed by atoms with Crippen molar-refractivity contribution in [3.05, 3.63) is 52.3 Å². The number of amides is 1. The molecule has 0 aliphatic rings. The predicted octanol–water partition coefficient (Wildman–Crippen LogP) is 3.04. The van der Waals surface area contributed by atoms with Gasteiger partial charge >= 0.3 is 5.97 Å². The van der Waals surface area contributed by atoms with Crippen LogP contribution in [0, 0.1) is 26.2 Å². The van der Waals surface area contributed by atoms with Crippen molar-refractivity contribution in [3.63, 3.8) is 0 Å². The number of aromatic amines is 1. The Kier molecular flexibility index (Phi) is 4.87. The fraction of sp³-hybridized carbons (Fsp3) is 0.222. The molecule has 0 aliphatic heterocycles. The SMILES string of the molecule is C#Cc1cccc(NC(=O)c2[nH]c(C)c(C(=O)OCC)c2C)c1. The third-order valence-corrected chi connectivity index (χ3v) is 3.43. The van der Waals surface area contributed by atoms with Crippen LogP contribution in [0.4, 0.5) is 5.69 Å². The van der Waals surface area contributed by atoms with Crippen LogP contribution in [0.1, 0.15) is 44.6 Å². The minimum absolute atomic E-state index is 0.281. The van der Waals surface area contributed by atoms with E-state index >= 15 is 0 Å². The van der Waals surface area contributed by atoms with Gasteiger partial charge in [-0.3, -0.25) is 4.79 Å². The fourth-order valence-corrected chi connectivity index (χ4v) is 2.37. The van der Waals surface area contributed by atoms with E-state index in [9.17, 15) is 9.59 Å². The van der Waals surface area contributed by atoms with Crippen LogP contribution >= 0.6 is 0 Å². The molecule has 1 aromatic heterocycles. The number of carbonyl (C=O) groups excluding carboxylic acids is 2. The van der Waals surface area contributed by atoms with Crippen LogP contribution in [0.3, 0.4) is 0 Å². The van der Waals surface area contributed by atoms with Gasteiger partial charge in [0.1, 0.15) is 5.69 Å². The van der Waals surface area contributed by atoms with Gasteiger partial charge in [0.15, 0.2) is 0 Å². The molecule has 5 heteroatoms. The second-order valence-electron chi connectivity index (χ2n) is 5.02. The summed E-state index contributed by atoms with van der Waals surface area (Å²) in [5, 5.41) is 2.77. The number of carbonyl (C=O) groups is 2. The Hall–Kier alpha value is -3.00. The molecule has 2 aromatic rings. The van der Waals surface area contributed by atoms with Crippen LogP contribution in [-0.4, -0.2) is 23.5 Å². The molecule has 5 nitrogen and oxygen atoms in total. The zero-order valence-electron chi connectivity index (χ0n) is 13.3. The van der Waals surface area contributed by atoms with Crippen LogP contribution in [0.5, 0.6) is 0 Å². The maximum Gasteiger partial charge on any atom is 0.340 e. The van der Waals surface area contributed by atoms with Gasteiger partial charge < -0.3 is 15.0 Å². The summed E-state index contributed by atoms with van der Waals surface area (Å²) in [5.74, 6) is 1.74. The first kappa shape index (κ1) is 16.4. The molecule has 1 heterocycles. The maximum atomic E-state index is 12.4. The number of aromatic nitrogens is 1. The number of rotatable bonds is 4. The average molecular weight is 310 g/mol. The van der Waals surface area contributed by atoms with Crippen LogP contribution in [-0.2, 0) is 4.74 Å². The van der Waals surface area contributed by atoms with Crippen LogP contribution in [0.15, 0.2) is 24.3 Å². The number of benzene rings is 1. The van der Waals surface area contributed by atoms with Crippen LogP contribution < -0.4 is 5.32 Å². The number of ether oxygens (including phenoxy) is 1. The van der Waals surface area contributed by atoms with Gasteiger partial charge in [-0.1, -0.05) is 12.0 Å². The molecule has 1 aromatic carbocycles. The molecular weight excluding hydrogens is 292 g/mol. The average Bonchev–Trinajstić information content (AvgIpc) is 2.82. The van der Waals surface area contributed by atoms with Crippen molar-refractivity contribution in [1.82, 2.24) is 4.98 Å². The summed E-state index contributed by atoms with van der Waals surface area (Å²) in [5.41, 5.74) is 3.16. The first-order valence-electron chi connectivity index (χ1n) is 7.22. The Morgan fingerprint density at radius 2 is 2.09 bits per heavy atom. The van der Waals surface area contributed by atoms with E-state index in [-0.39, 0.29) is 12.5 Å². The molecule has 0 saturated heterocycles. The van der Waals surface area contributed by atoms with E-state index in [0.717, 1.165) is 0 Å². The molecule has 0 atom stereocenters. The summed E-state index contributed by atoms with van der Waals surface area (Å²) >= 11 is 0. The Morgan fingerprint density at radius 1 is 1.35 bits per heavy atom. The van der Waals surface area contributed by atoms with Crippen molar-refractivity contribution in [2.75, 3.05) is 11.9 Å². The summed E-state index contributed by atoms with van der Waals surface area (Å²) in [6.45, 7) is 5.46. The maximum absolute atomic E-state index is 12.4. The van der Waals surface area contributed by atoms with E-state index in [1.165, 1.54) is 0 Å². The normalized spacial score (nSPS) is 10.0. The Morgan fingerprint density at radius 3 is 2.74 bits per heavy atom. The molecule has 1 amide bonds. The summed E-state index contributed by atoms with van der Waals surface area (Å²) in [7, 11) is 0. The summed E-state index contributed by atoms with van der Waals surface area (Å²) < 4.78 is 5.02. The first-order chi connectivity index (χ1) is 11.0. The minimum atomic E-state index is -0.438. The van der Waals surface area contributed by atoms with E-state index in [0.29, 0.717) is 33.8 Å². The van der Waals surface area contributed by atoms with Crippen molar-refractivity contribution in [3.8, 4) is 12.3 Å². The number of hydrogen-bond acceptors (Lipinski definition) is 3. The topological polar surface area (TPSA) is 71.2 Å². The third kappa shape index (κ3) is 3.43. The van der Waals surface area contributed by atoms with Crippen LogP contribution in [0.25, 0.3) is 0 Å². The molecule has 0 saturated carbocycles. The molecule has 0 spiro atoms. The van der Waals surface area contributed by atoms with Gasteiger partial charge in [-0.2, -0.15) is 0 Å². The van der Waals surface area contributed by atoms with Gasteiger partial charge in [-0.15, -0.1) is 6.42 Å². The Bertz CT molecular complexity index is 797. The second-order valence-corrected chi connectivity index (χ2v) is 5.02. The van der Waals surface area contributed by atoms with Crippen molar-refractivity contribution >= 4 is 17.6 Å². The van der Waals surface area contributed by atoms with Gasteiger partial charge in [0.05, 0.1) is 12.2 Å². The number of esters is 1. The molecule has 0 aliphatic carbocycles. The van der Waals surface area contributed by atoms with Crippen molar-refractivity contribution < 1.29 is 14.3 Å². The lowest BCUT2D eigenvalue weighted by atomic mass is 10.1. The van der Waals surface area contributed by atoms with Crippen molar-refractivity contribution in [2.24, 2.45) is 0 Å². The van der Waals surface area contributed by atoms with Crippen LogP contribution in [0.2, 0.25) is 0 Å².